The molecule has 0 unspecified atom stereocenters. The lowest BCUT2D eigenvalue weighted by Crippen LogP contribution is -2.13. The first-order chi connectivity index (χ1) is 8.33. The van der Waals surface area contributed by atoms with E-state index in [0.717, 1.165) is 21.7 Å². The summed E-state index contributed by atoms with van der Waals surface area (Å²) in [6.45, 7) is 5.92. The number of fused-ring (bicyclic) bond motifs is 1. The minimum Gasteiger partial charge on any atom is -0.197 e. The van der Waals surface area contributed by atoms with Crippen LogP contribution in [-0.4, -0.2) is 25.1 Å². The van der Waals surface area contributed by atoms with Crippen LogP contribution in [-0.2, 0) is 0 Å². The predicted molar refractivity (Wildman–Crippen MR) is 70.4 cm³/mol. The van der Waals surface area contributed by atoms with Crippen molar-refractivity contribution >= 4 is 17.4 Å². The Hall–Kier alpha value is -1.10. The number of thioether (sulfide) groups is 1. The summed E-state index contributed by atoms with van der Waals surface area (Å²) in [6.07, 6.45) is 4.02. The monoisotopic (exact) mass is 250 g/mol. The van der Waals surface area contributed by atoms with E-state index < -0.39 is 0 Å². The van der Waals surface area contributed by atoms with Gasteiger partial charge in [-0.2, -0.15) is 9.61 Å². The Morgan fingerprint density at radius 2 is 2.00 bits per heavy atom. The molecule has 0 bridgehead atoms. The minimum absolute atomic E-state index is 0.770. The van der Waals surface area contributed by atoms with Crippen molar-refractivity contribution in [1.82, 2.24) is 19.8 Å². The molecule has 0 spiro atoms. The van der Waals surface area contributed by atoms with Gasteiger partial charge < -0.3 is 0 Å². The summed E-state index contributed by atoms with van der Waals surface area (Å²) in [5.41, 5.74) is 0.824. The van der Waals surface area contributed by atoms with Gasteiger partial charge >= 0.3 is 0 Å². The first-order valence-electron chi connectivity index (χ1n) is 6.19. The topological polar surface area (TPSA) is 43.1 Å². The van der Waals surface area contributed by atoms with Gasteiger partial charge in [-0.05, 0) is 31.9 Å². The van der Waals surface area contributed by atoms with Gasteiger partial charge in [0.2, 0.25) is 0 Å². The molecule has 0 radical (unpaired) electrons. The van der Waals surface area contributed by atoms with Gasteiger partial charge in [0, 0.05) is 5.25 Å². The van der Waals surface area contributed by atoms with Crippen LogP contribution in [0.2, 0.25) is 0 Å². The molecule has 1 aliphatic rings. The first-order valence-corrected chi connectivity index (χ1v) is 7.06. The van der Waals surface area contributed by atoms with Crippen LogP contribution < -0.4 is 0 Å². The Morgan fingerprint density at radius 1 is 1.24 bits per heavy atom. The number of hydrogen-bond donors (Lipinski definition) is 0. The van der Waals surface area contributed by atoms with Crippen molar-refractivity contribution in [2.75, 3.05) is 0 Å². The molecule has 0 aromatic carbocycles. The van der Waals surface area contributed by atoms with E-state index >= 15 is 0 Å². The SMILES string of the molecule is CC.Cc1nnc2ccc(SC3CCC3)nn12. The maximum absolute atomic E-state index is 4.51. The van der Waals surface area contributed by atoms with Gasteiger partial charge in [0.1, 0.15) is 5.03 Å². The zero-order valence-electron chi connectivity index (χ0n) is 10.6. The molecule has 0 amide bonds. The molecule has 0 atom stereocenters. The Balaban J connectivity index is 0.000000514. The largest absolute Gasteiger partial charge is 0.197 e. The van der Waals surface area contributed by atoms with Crippen LogP contribution in [0, 0.1) is 6.92 Å². The third kappa shape index (κ3) is 2.60. The van der Waals surface area contributed by atoms with Gasteiger partial charge in [0.15, 0.2) is 11.5 Å². The molecule has 1 fully saturated rings. The minimum atomic E-state index is 0.770. The molecule has 4 nitrogen and oxygen atoms in total. The lowest BCUT2D eigenvalue weighted by atomic mass is 10.0. The molecular weight excluding hydrogens is 232 g/mol. The van der Waals surface area contributed by atoms with Crippen LogP contribution in [0.1, 0.15) is 38.9 Å². The Bertz CT molecular complexity index is 490. The second-order valence-electron chi connectivity index (χ2n) is 3.86. The average molecular weight is 250 g/mol. The van der Waals surface area contributed by atoms with E-state index in [1.807, 2.05) is 44.7 Å². The molecule has 5 heteroatoms. The van der Waals surface area contributed by atoms with Crippen LogP contribution in [0.4, 0.5) is 0 Å². The summed E-state index contributed by atoms with van der Waals surface area (Å²) in [4.78, 5) is 0. The predicted octanol–water partition coefficient (Wildman–Crippen LogP) is 3.10. The highest BCUT2D eigenvalue weighted by molar-refractivity contribution is 7.99. The van der Waals surface area contributed by atoms with Crippen molar-refractivity contribution in [2.24, 2.45) is 0 Å². The maximum atomic E-state index is 4.51. The first kappa shape index (κ1) is 12.4. The van der Waals surface area contributed by atoms with Gasteiger partial charge in [-0.25, -0.2) is 0 Å². The summed E-state index contributed by atoms with van der Waals surface area (Å²) < 4.78 is 1.81. The maximum Gasteiger partial charge on any atom is 0.177 e. The molecule has 0 N–H and O–H groups in total. The van der Waals surface area contributed by atoms with E-state index in [9.17, 15) is 0 Å². The fraction of sp³-hybridized carbons (Fsp3) is 0.583. The highest BCUT2D eigenvalue weighted by Crippen LogP contribution is 2.35. The van der Waals surface area contributed by atoms with Crippen LogP contribution in [0.3, 0.4) is 0 Å². The molecular formula is C12H18N4S. The third-order valence-corrected chi connectivity index (χ3v) is 4.00. The number of rotatable bonds is 2. The van der Waals surface area contributed by atoms with Crippen molar-refractivity contribution in [2.45, 2.75) is 50.3 Å². The van der Waals surface area contributed by atoms with E-state index in [-0.39, 0.29) is 0 Å². The molecule has 0 saturated heterocycles. The molecule has 2 aromatic rings. The number of aromatic nitrogens is 4. The van der Waals surface area contributed by atoms with Crippen LogP contribution in [0.5, 0.6) is 0 Å². The zero-order valence-corrected chi connectivity index (χ0v) is 11.4. The quantitative estimate of drug-likeness (QED) is 0.821. The number of hydrogen-bond acceptors (Lipinski definition) is 4. The highest BCUT2D eigenvalue weighted by atomic mass is 32.2. The third-order valence-electron chi connectivity index (χ3n) is 2.73. The second kappa shape index (κ2) is 5.49. The molecule has 1 aliphatic carbocycles. The smallest absolute Gasteiger partial charge is 0.177 e. The summed E-state index contributed by atoms with van der Waals surface area (Å²) in [5.74, 6) is 0.848. The van der Waals surface area contributed by atoms with Crippen LogP contribution in [0.15, 0.2) is 17.2 Å². The van der Waals surface area contributed by atoms with Gasteiger partial charge in [-0.1, -0.05) is 20.3 Å². The van der Waals surface area contributed by atoms with Crippen molar-refractivity contribution < 1.29 is 0 Å². The van der Waals surface area contributed by atoms with E-state index in [2.05, 4.69) is 15.3 Å². The van der Waals surface area contributed by atoms with Gasteiger partial charge in [0.05, 0.1) is 0 Å². The highest BCUT2D eigenvalue weighted by Gasteiger charge is 2.19. The van der Waals surface area contributed by atoms with Gasteiger partial charge in [-0.15, -0.1) is 22.0 Å². The lowest BCUT2D eigenvalue weighted by Gasteiger charge is -2.23. The Morgan fingerprint density at radius 3 is 2.65 bits per heavy atom. The lowest BCUT2D eigenvalue weighted by molar-refractivity contribution is 0.521. The van der Waals surface area contributed by atoms with Crippen molar-refractivity contribution in [3.63, 3.8) is 0 Å². The van der Waals surface area contributed by atoms with Crippen molar-refractivity contribution in [3.8, 4) is 0 Å². The van der Waals surface area contributed by atoms with E-state index in [1.54, 1.807) is 4.52 Å². The molecule has 2 aromatic heterocycles. The fourth-order valence-corrected chi connectivity index (χ4v) is 2.79. The molecule has 17 heavy (non-hydrogen) atoms. The van der Waals surface area contributed by atoms with Crippen molar-refractivity contribution in [3.05, 3.63) is 18.0 Å². The summed E-state index contributed by atoms with van der Waals surface area (Å²) in [7, 11) is 0. The van der Waals surface area contributed by atoms with Gasteiger partial charge in [-0.3, -0.25) is 0 Å². The molecule has 2 heterocycles. The van der Waals surface area contributed by atoms with Crippen molar-refractivity contribution in [1.29, 1.82) is 0 Å². The Labute approximate surface area is 106 Å². The summed E-state index contributed by atoms with van der Waals surface area (Å²) in [5, 5.41) is 14.4. The van der Waals surface area contributed by atoms with E-state index in [1.165, 1.54) is 19.3 Å². The summed E-state index contributed by atoms with van der Waals surface area (Å²) in [6, 6.07) is 4.01. The van der Waals surface area contributed by atoms with Crippen LogP contribution in [0.25, 0.3) is 5.65 Å². The number of aryl methyl sites for hydroxylation is 1. The zero-order chi connectivity index (χ0) is 12.3. The van der Waals surface area contributed by atoms with E-state index in [0.29, 0.717) is 0 Å². The average Bonchev–Trinajstić information content (AvgIpc) is 2.69. The standard InChI is InChI=1S/C10H12N4S.C2H6/c1-7-11-12-9-5-6-10(13-14(7)9)15-8-3-2-4-8;1-2/h5-6,8H,2-4H2,1H3;1-2H3. The fourth-order valence-electron chi connectivity index (χ4n) is 1.60. The number of nitrogens with zero attached hydrogens (tertiary/aromatic N) is 4. The molecule has 3 rings (SSSR count). The summed E-state index contributed by atoms with van der Waals surface area (Å²) >= 11 is 1.87. The van der Waals surface area contributed by atoms with E-state index in [4.69, 9.17) is 0 Å². The van der Waals surface area contributed by atoms with Crippen LogP contribution >= 0.6 is 11.8 Å². The second-order valence-corrected chi connectivity index (χ2v) is 5.18. The van der Waals surface area contributed by atoms with Gasteiger partial charge in [0.25, 0.3) is 0 Å². The Kier molecular flexibility index (Phi) is 3.99. The normalized spacial score (nSPS) is 15.2. The molecule has 0 aliphatic heterocycles. The molecule has 1 saturated carbocycles. The molecule has 92 valence electrons.